The van der Waals surface area contributed by atoms with E-state index in [1.165, 1.54) is 0 Å². The molecular weight excluding hydrogens is 268 g/mol. The van der Waals surface area contributed by atoms with Crippen molar-refractivity contribution in [2.75, 3.05) is 0 Å². The minimum atomic E-state index is -0.840. The predicted molar refractivity (Wildman–Crippen MR) is 76.6 cm³/mol. The second kappa shape index (κ2) is 5.52. The van der Waals surface area contributed by atoms with Crippen LogP contribution in [0.2, 0.25) is 0 Å². The van der Waals surface area contributed by atoms with Crippen LogP contribution in [0.1, 0.15) is 29.1 Å². The SMILES string of the molecule is Cc1nc2c(c(Oc3ccc(CC(=O)O)cc3)n1)CCC2. The summed E-state index contributed by atoms with van der Waals surface area (Å²) in [6.07, 6.45) is 3.03. The molecule has 0 radical (unpaired) electrons. The minimum Gasteiger partial charge on any atom is -0.481 e. The average molecular weight is 284 g/mol. The second-order valence-electron chi connectivity index (χ2n) is 5.17. The Labute approximate surface area is 122 Å². The van der Waals surface area contributed by atoms with Gasteiger partial charge in [0, 0.05) is 5.56 Å². The summed E-state index contributed by atoms with van der Waals surface area (Å²) in [5.41, 5.74) is 2.93. The molecule has 108 valence electrons. The van der Waals surface area contributed by atoms with Crippen LogP contribution in [-0.2, 0) is 24.1 Å². The molecule has 0 unspecified atom stereocenters. The number of fused-ring (bicyclic) bond motifs is 1. The molecule has 2 aromatic rings. The molecule has 1 aliphatic carbocycles. The van der Waals surface area contributed by atoms with Crippen molar-refractivity contribution in [3.8, 4) is 11.6 Å². The van der Waals surface area contributed by atoms with E-state index in [9.17, 15) is 4.79 Å². The molecular formula is C16H16N2O3. The van der Waals surface area contributed by atoms with Gasteiger partial charge < -0.3 is 9.84 Å². The van der Waals surface area contributed by atoms with Crippen molar-refractivity contribution >= 4 is 5.97 Å². The van der Waals surface area contributed by atoms with E-state index in [-0.39, 0.29) is 6.42 Å². The summed E-state index contributed by atoms with van der Waals surface area (Å²) >= 11 is 0. The molecule has 0 spiro atoms. The van der Waals surface area contributed by atoms with Crippen LogP contribution in [0.5, 0.6) is 11.6 Å². The summed E-state index contributed by atoms with van der Waals surface area (Å²) in [5, 5.41) is 8.76. The maximum absolute atomic E-state index is 10.7. The van der Waals surface area contributed by atoms with Gasteiger partial charge in [0.25, 0.3) is 0 Å². The minimum absolute atomic E-state index is 0.0162. The van der Waals surface area contributed by atoms with Crippen molar-refractivity contribution in [3.05, 3.63) is 46.9 Å². The van der Waals surface area contributed by atoms with Gasteiger partial charge in [0.15, 0.2) is 0 Å². The highest BCUT2D eigenvalue weighted by molar-refractivity contribution is 5.70. The van der Waals surface area contributed by atoms with E-state index in [0.29, 0.717) is 17.5 Å². The Morgan fingerprint density at radius 3 is 2.71 bits per heavy atom. The fourth-order valence-electron chi connectivity index (χ4n) is 2.56. The molecule has 5 heteroatoms. The van der Waals surface area contributed by atoms with E-state index in [4.69, 9.17) is 9.84 Å². The number of rotatable bonds is 4. The third-order valence-corrected chi connectivity index (χ3v) is 3.50. The summed E-state index contributed by atoms with van der Waals surface area (Å²) in [6.45, 7) is 1.86. The van der Waals surface area contributed by atoms with Crippen LogP contribution >= 0.6 is 0 Å². The maximum Gasteiger partial charge on any atom is 0.307 e. The summed E-state index contributed by atoms with van der Waals surface area (Å²) in [4.78, 5) is 19.5. The monoisotopic (exact) mass is 284 g/mol. The molecule has 0 atom stereocenters. The van der Waals surface area contributed by atoms with Gasteiger partial charge in [-0.05, 0) is 43.9 Å². The van der Waals surface area contributed by atoms with Gasteiger partial charge in [-0.25, -0.2) is 4.98 Å². The third kappa shape index (κ3) is 3.02. The number of hydrogen-bond acceptors (Lipinski definition) is 4. The number of ether oxygens (including phenoxy) is 1. The highest BCUT2D eigenvalue weighted by Crippen LogP contribution is 2.31. The fourth-order valence-corrected chi connectivity index (χ4v) is 2.56. The lowest BCUT2D eigenvalue weighted by Crippen LogP contribution is -2.01. The molecule has 0 fully saturated rings. The Morgan fingerprint density at radius 1 is 1.24 bits per heavy atom. The average Bonchev–Trinajstić information content (AvgIpc) is 2.88. The Morgan fingerprint density at radius 2 is 2.00 bits per heavy atom. The predicted octanol–water partition coefficient (Wildman–Crippen LogP) is 2.69. The second-order valence-corrected chi connectivity index (χ2v) is 5.17. The Kier molecular flexibility index (Phi) is 3.56. The fraction of sp³-hybridized carbons (Fsp3) is 0.312. The van der Waals surface area contributed by atoms with Crippen molar-refractivity contribution in [1.29, 1.82) is 0 Å². The number of carboxylic acids is 1. The number of carbonyl (C=O) groups is 1. The van der Waals surface area contributed by atoms with Crippen molar-refractivity contribution in [1.82, 2.24) is 9.97 Å². The van der Waals surface area contributed by atoms with Gasteiger partial charge in [0.1, 0.15) is 11.6 Å². The first-order valence-electron chi connectivity index (χ1n) is 6.97. The number of nitrogens with zero attached hydrogens (tertiary/aromatic N) is 2. The zero-order valence-corrected chi connectivity index (χ0v) is 11.8. The number of carboxylic acid groups (broad SMARTS) is 1. The summed E-state index contributed by atoms with van der Waals surface area (Å²) in [6, 6.07) is 7.07. The van der Waals surface area contributed by atoms with Gasteiger partial charge in [-0.1, -0.05) is 12.1 Å². The Bertz CT molecular complexity index is 681. The van der Waals surface area contributed by atoms with Crippen LogP contribution in [0, 0.1) is 6.92 Å². The molecule has 21 heavy (non-hydrogen) atoms. The zero-order chi connectivity index (χ0) is 14.8. The molecule has 0 bridgehead atoms. The van der Waals surface area contributed by atoms with Crippen molar-refractivity contribution < 1.29 is 14.6 Å². The lowest BCUT2D eigenvalue weighted by atomic mass is 10.1. The summed E-state index contributed by atoms with van der Waals surface area (Å²) in [5.74, 6) is 1.17. The molecule has 0 saturated carbocycles. The van der Waals surface area contributed by atoms with E-state index in [0.717, 1.165) is 36.1 Å². The molecule has 1 aromatic carbocycles. The van der Waals surface area contributed by atoms with E-state index in [2.05, 4.69) is 9.97 Å². The van der Waals surface area contributed by atoms with Gasteiger partial charge >= 0.3 is 5.97 Å². The van der Waals surface area contributed by atoms with Crippen LogP contribution in [0.15, 0.2) is 24.3 Å². The molecule has 0 aliphatic heterocycles. The normalized spacial score (nSPS) is 13.0. The van der Waals surface area contributed by atoms with Crippen molar-refractivity contribution in [2.45, 2.75) is 32.6 Å². The maximum atomic E-state index is 10.7. The van der Waals surface area contributed by atoms with Gasteiger partial charge in [0.05, 0.1) is 12.1 Å². The van der Waals surface area contributed by atoms with Crippen LogP contribution in [0.4, 0.5) is 0 Å². The van der Waals surface area contributed by atoms with Crippen molar-refractivity contribution in [3.63, 3.8) is 0 Å². The Balaban J connectivity index is 1.82. The molecule has 3 rings (SSSR count). The topological polar surface area (TPSA) is 72.3 Å². The number of benzene rings is 1. The zero-order valence-electron chi connectivity index (χ0n) is 11.8. The lowest BCUT2D eigenvalue weighted by Gasteiger charge is -2.10. The molecule has 1 heterocycles. The lowest BCUT2D eigenvalue weighted by molar-refractivity contribution is -0.136. The standard InChI is InChI=1S/C16H16N2O3/c1-10-17-14-4-2-3-13(14)16(18-10)21-12-7-5-11(6-8-12)9-15(19)20/h5-8H,2-4,9H2,1H3,(H,19,20). The summed E-state index contributed by atoms with van der Waals surface area (Å²) < 4.78 is 5.86. The number of aryl methyl sites for hydroxylation is 2. The first-order valence-corrected chi connectivity index (χ1v) is 6.97. The number of aliphatic carboxylic acids is 1. The molecule has 5 nitrogen and oxygen atoms in total. The van der Waals surface area contributed by atoms with Crippen LogP contribution in [0.3, 0.4) is 0 Å². The molecule has 1 aliphatic rings. The smallest absolute Gasteiger partial charge is 0.307 e. The first-order chi connectivity index (χ1) is 10.1. The molecule has 0 saturated heterocycles. The molecule has 1 N–H and O–H groups in total. The molecule has 1 aromatic heterocycles. The number of aromatic nitrogens is 2. The van der Waals surface area contributed by atoms with Gasteiger partial charge in [0.2, 0.25) is 5.88 Å². The first kappa shape index (κ1) is 13.5. The van der Waals surface area contributed by atoms with E-state index < -0.39 is 5.97 Å². The van der Waals surface area contributed by atoms with Crippen LogP contribution < -0.4 is 4.74 Å². The molecule has 0 amide bonds. The van der Waals surface area contributed by atoms with Gasteiger partial charge in [-0.2, -0.15) is 4.98 Å². The van der Waals surface area contributed by atoms with E-state index >= 15 is 0 Å². The van der Waals surface area contributed by atoms with Gasteiger partial charge in [-0.15, -0.1) is 0 Å². The quantitative estimate of drug-likeness (QED) is 0.934. The van der Waals surface area contributed by atoms with E-state index in [1.54, 1.807) is 24.3 Å². The number of hydrogen-bond donors (Lipinski definition) is 1. The Hall–Kier alpha value is -2.43. The summed E-state index contributed by atoms with van der Waals surface area (Å²) in [7, 11) is 0. The van der Waals surface area contributed by atoms with Crippen LogP contribution in [-0.4, -0.2) is 21.0 Å². The van der Waals surface area contributed by atoms with Crippen molar-refractivity contribution in [2.24, 2.45) is 0 Å². The van der Waals surface area contributed by atoms with Crippen LogP contribution in [0.25, 0.3) is 0 Å². The largest absolute Gasteiger partial charge is 0.481 e. The third-order valence-electron chi connectivity index (χ3n) is 3.50. The van der Waals surface area contributed by atoms with Gasteiger partial charge in [-0.3, -0.25) is 4.79 Å². The highest BCUT2D eigenvalue weighted by atomic mass is 16.5. The highest BCUT2D eigenvalue weighted by Gasteiger charge is 2.19. The van der Waals surface area contributed by atoms with E-state index in [1.807, 2.05) is 6.92 Å².